The number of nitrogens with zero attached hydrogens (tertiary/aromatic N) is 3. The molecule has 0 aliphatic carbocycles. The van der Waals surface area contributed by atoms with E-state index in [9.17, 15) is 4.39 Å². The highest BCUT2D eigenvalue weighted by molar-refractivity contribution is 7.12. The van der Waals surface area contributed by atoms with E-state index in [1.807, 2.05) is 12.3 Å². The highest BCUT2D eigenvalue weighted by Gasteiger charge is 2.23. The molecule has 1 atom stereocenters. The first kappa shape index (κ1) is 18.3. The first-order valence-electron chi connectivity index (χ1n) is 9.22. The monoisotopic (exact) mass is 385 g/mol. The molecule has 0 spiro atoms. The molecule has 1 fully saturated rings. The molecular formula is C21H24FN3OS. The number of likely N-dealkylation sites (N-methyl/N-ethyl adjacent to an activating group) is 1. The van der Waals surface area contributed by atoms with Gasteiger partial charge in [-0.2, -0.15) is 5.10 Å². The predicted octanol–water partition coefficient (Wildman–Crippen LogP) is 4.58. The van der Waals surface area contributed by atoms with E-state index < -0.39 is 0 Å². The molecule has 0 unspecified atom stereocenters. The molecule has 1 aliphatic heterocycles. The van der Waals surface area contributed by atoms with Crippen LogP contribution in [0.5, 0.6) is 0 Å². The van der Waals surface area contributed by atoms with E-state index >= 15 is 0 Å². The van der Waals surface area contributed by atoms with Gasteiger partial charge in [0.25, 0.3) is 0 Å². The van der Waals surface area contributed by atoms with E-state index in [1.54, 1.807) is 28.2 Å². The van der Waals surface area contributed by atoms with Crippen molar-refractivity contribution in [3.8, 4) is 16.9 Å². The molecule has 3 heterocycles. The second-order valence-electron chi connectivity index (χ2n) is 7.16. The molecule has 142 valence electrons. The molecule has 4 rings (SSSR count). The van der Waals surface area contributed by atoms with Gasteiger partial charge in [-0.25, -0.2) is 9.07 Å². The Hall–Kier alpha value is -2.02. The van der Waals surface area contributed by atoms with Gasteiger partial charge in [-0.1, -0.05) is 12.1 Å². The molecule has 0 amide bonds. The number of benzene rings is 1. The third-order valence-corrected chi connectivity index (χ3v) is 6.10. The summed E-state index contributed by atoms with van der Waals surface area (Å²) < 4.78 is 21.5. The summed E-state index contributed by atoms with van der Waals surface area (Å²) in [7, 11) is 2.12. The minimum atomic E-state index is -0.270. The van der Waals surface area contributed by atoms with Gasteiger partial charge >= 0.3 is 0 Å². The van der Waals surface area contributed by atoms with Crippen LogP contribution in [-0.2, 0) is 11.3 Å². The number of hydrogen-bond acceptors (Lipinski definition) is 4. The maximum atomic E-state index is 14.3. The second-order valence-corrected chi connectivity index (χ2v) is 8.62. The van der Waals surface area contributed by atoms with E-state index in [4.69, 9.17) is 9.84 Å². The average molecular weight is 386 g/mol. The summed E-state index contributed by atoms with van der Waals surface area (Å²) in [6.07, 6.45) is 3.01. The smallest absolute Gasteiger partial charge is 0.148 e. The van der Waals surface area contributed by atoms with E-state index in [2.05, 4.69) is 31.9 Å². The molecule has 4 nitrogen and oxygen atoms in total. The summed E-state index contributed by atoms with van der Waals surface area (Å²) in [6, 6.07) is 9.36. The van der Waals surface area contributed by atoms with Crippen molar-refractivity contribution >= 4 is 11.3 Å². The highest BCUT2D eigenvalue weighted by atomic mass is 32.1. The molecule has 0 radical (unpaired) electrons. The molecule has 0 N–H and O–H groups in total. The van der Waals surface area contributed by atoms with Crippen molar-refractivity contribution in [1.82, 2.24) is 14.7 Å². The van der Waals surface area contributed by atoms with Gasteiger partial charge < -0.3 is 4.74 Å². The Morgan fingerprint density at radius 2 is 2.15 bits per heavy atom. The lowest BCUT2D eigenvalue weighted by Crippen LogP contribution is -2.31. The van der Waals surface area contributed by atoms with Crippen LogP contribution in [0.25, 0.3) is 16.9 Å². The highest BCUT2D eigenvalue weighted by Crippen LogP contribution is 2.33. The van der Waals surface area contributed by atoms with Crippen LogP contribution >= 0.6 is 11.3 Å². The van der Waals surface area contributed by atoms with E-state index in [1.165, 1.54) is 15.8 Å². The first-order valence-corrected chi connectivity index (χ1v) is 10.0. The lowest BCUT2D eigenvalue weighted by Gasteiger charge is -2.22. The Kier molecular flexibility index (Phi) is 5.12. The molecule has 2 aromatic heterocycles. The molecule has 1 saturated heterocycles. The molecule has 1 aromatic carbocycles. The Balaban J connectivity index is 1.75. The summed E-state index contributed by atoms with van der Waals surface area (Å²) >= 11 is 1.77. The predicted molar refractivity (Wildman–Crippen MR) is 107 cm³/mol. The van der Waals surface area contributed by atoms with Crippen LogP contribution in [0.15, 0.2) is 36.5 Å². The molecule has 0 bridgehead atoms. The maximum absolute atomic E-state index is 14.3. The van der Waals surface area contributed by atoms with Crippen LogP contribution in [0, 0.1) is 19.7 Å². The van der Waals surface area contributed by atoms with E-state index in [-0.39, 0.29) is 5.82 Å². The zero-order chi connectivity index (χ0) is 19.0. The largest absolute Gasteiger partial charge is 0.380 e. The van der Waals surface area contributed by atoms with Gasteiger partial charge in [0.2, 0.25) is 0 Å². The quantitative estimate of drug-likeness (QED) is 0.644. The number of hydrogen-bond donors (Lipinski definition) is 0. The van der Waals surface area contributed by atoms with Gasteiger partial charge in [0.05, 0.1) is 12.3 Å². The van der Waals surface area contributed by atoms with Gasteiger partial charge in [-0.3, -0.25) is 4.90 Å². The van der Waals surface area contributed by atoms with Crippen molar-refractivity contribution in [2.45, 2.75) is 32.9 Å². The first-order chi connectivity index (χ1) is 13.0. The zero-order valence-electron chi connectivity index (χ0n) is 15.9. The second kappa shape index (κ2) is 7.54. The van der Waals surface area contributed by atoms with Crippen LogP contribution in [0.2, 0.25) is 0 Å². The lowest BCUT2D eigenvalue weighted by molar-refractivity contribution is 0.156. The van der Waals surface area contributed by atoms with Crippen LogP contribution in [0.3, 0.4) is 0 Å². The SMILES string of the molecule is Cc1cc(-c2nn(-c3ccccc3F)cc2CN(C)[C@H]2CCOC2)c(C)s1. The number of halogens is 1. The van der Waals surface area contributed by atoms with Gasteiger partial charge in [0.15, 0.2) is 0 Å². The third kappa shape index (κ3) is 3.70. The van der Waals surface area contributed by atoms with Gasteiger partial charge in [0.1, 0.15) is 11.5 Å². The number of ether oxygens (including phenoxy) is 1. The van der Waals surface area contributed by atoms with Crippen molar-refractivity contribution in [2.75, 3.05) is 20.3 Å². The minimum absolute atomic E-state index is 0.270. The average Bonchev–Trinajstić information content (AvgIpc) is 3.36. The normalized spacial score (nSPS) is 17.1. The fraction of sp³-hybridized carbons (Fsp3) is 0.381. The molecule has 6 heteroatoms. The van der Waals surface area contributed by atoms with Crippen molar-refractivity contribution in [1.29, 1.82) is 0 Å². The summed E-state index contributed by atoms with van der Waals surface area (Å²) in [5.41, 5.74) is 3.65. The van der Waals surface area contributed by atoms with Crippen LogP contribution in [-0.4, -0.2) is 41.0 Å². The van der Waals surface area contributed by atoms with Crippen molar-refractivity contribution < 1.29 is 9.13 Å². The Bertz CT molecular complexity index is 943. The van der Waals surface area contributed by atoms with Gasteiger partial charge in [0, 0.05) is 46.3 Å². The van der Waals surface area contributed by atoms with Crippen LogP contribution in [0.1, 0.15) is 21.7 Å². The zero-order valence-corrected chi connectivity index (χ0v) is 16.7. The Labute approximate surface area is 163 Å². The fourth-order valence-corrected chi connectivity index (χ4v) is 4.57. The molecule has 27 heavy (non-hydrogen) atoms. The molecule has 0 saturated carbocycles. The standard InChI is InChI=1S/C21H24FN3OS/c1-14-10-18(15(2)27-14)21-16(11-24(3)17-8-9-26-13-17)12-25(23-21)20-7-5-4-6-19(20)22/h4-7,10,12,17H,8-9,11,13H2,1-3H3/t17-/m0/s1. The minimum Gasteiger partial charge on any atom is -0.380 e. The number of para-hydroxylation sites is 1. The van der Waals surface area contributed by atoms with E-state index in [0.29, 0.717) is 11.7 Å². The molecule has 3 aromatic rings. The van der Waals surface area contributed by atoms with Crippen molar-refractivity contribution in [3.05, 3.63) is 57.7 Å². The summed E-state index contributed by atoms with van der Waals surface area (Å²) in [4.78, 5) is 4.80. The van der Waals surface area contributed by atoms with Crippen LogP contribution < -0.4 is 0 Å². The summed E-state index contributed by atoms with van der Waals surface area (Å²) in [5.74, 6) is -0.270. The van der Waals surface area contributed by atoms with Crippen molar-refractivity contribution in [2.24, 2.45) is 0 Å². The Morgan fingerprint density at radius 1 is 1.33 bits per heavy atom. The molecular weight excluding hydrogens is 361 g/mol. The van der Waals surface area contributed by atoms with E-state index in [0.717, 1.165) is 43.0 Å². The molecule has 1 aliphatic rings. The number of thiophene rings is 1. The number of rotatable bonds is 5. The van der Waals surface area contributed by atoms with Gasteiger partial charge in [-0.05, 0) is 45.5 Å². The van der Waals surface area contributed by atoms with Gasteiger partial charge in [-0.15, -0.1) is 11.3 Å². The number of aromatic nitrogens is 2. The van der Waals surface area contributed by atoms with Crippen LogP contribution in [0.4, 0.5) is 4.39 Å². The third-order valence-electron chi connectivity index (χ3n) is 5.13. The van der Waals surface area contributed by atoms with Crippen molar-refractivity contribution in [3.63, 3.8) is 0 Å². The Morgan fingerprint density at radius 3 is 2.81 bits per heavy atom. The number of aryl methyl sites for hydroxylation is 2. The summed E-state index contributed by atoms with van der Waals surface area (Å²) in [5, 5.41) is 4.79. The fourth-order valence-electron chi connectivity index (χ4n) is 3.65. The summed E-state index contributed by atoms with van der Waals surface area (Å²) in [6.45, 7) is 6.57. The topological polar surface area (TPSA) is 30.3 Å². The lowest BCUT2D eigenvalue weighted by atomic mass is 10.1. The maximum Gasteiger partial charge on any atom is 0.148 e.